The van der Waals surface area contributed by atoms with Crippen LogP contribution in [0, 0.1) is 6.92 Å². The molecule has 1 heterocycles. The van der Waals surface area contributed by atoms with E-state index in [4.69, 9.17) is 5.73 Å². The molecule has 0 unspecified atom stereocenters. The van der Waals surface area contributed by atoms with Gasteiger partial charge in [-0.3, -0.25) is 4.79 Å². The maximum Gasteiger partial charge on any atom is 0.273 e. The second kappa shape index (κ2) is 5.66. The Kier molecular flexibility index (Phi) is 3.96. The fourth-order valence-corrected chi connectivity index (χ4v) is 1.73. The molecule has 6 nitrogen and oxygen atoms in total. The third-order valence-electron chi connectivity index (χ3n) is 2.40. The van der Waals surface area contributed by atoms with Gasteiger partial charge in [0.05, 0.1) is 0 Å². The van der Waals surface area contributed by atoms with E-state index in [1.807, 2.05) is 37.4 Å². The predicted octanol–water partition coefficient (Wildman–Crippen LogP) is 1.74. The van der Waals surface area contributed by atoms with Gasteiger partial charge in [0.2, 0.25) is 5.16 Å². The molecule has 0 saturated heterocycles. The minimum Gasteiger partial charge on any atom is -0.364 e. The first-order valence-corrected chi connectivity index (χ1v) is 6.75. The molecule has 1 aromatic carbocycles. The Balaban J connectivity index is 2.36. The molecule has 0 bridgehead atoms. The van der Waals surface area contributed by atoms with E-state index in [1.54, 1.807) is 0 Å². The number of carbonyl (C=O) groups excluding carboxylic acids is 1. The first-order valence-electron chi connectivity index (χ1n) is 5.52. The van der Waals surface area contributed by atoms with E-state index >= 15 is 0 Å². The van der Waals surface area contributed by atoms with E-state index in [2.05, 4.69) is 20.5 Å². The van der Waals surface area contributed by atoms with Gasteiger partial charge < -0.3 is 11.1 Å². The Hall–Kier alpha value is -2.15. The summed E-state index contributed by atoms with van der Waals surface area (Å²) in [4.78, 5) is 15.5. The molecular weight excluding hydrogens is 262 g/mol. The van der Waals surface area contributed by atoms with Crippen LogP contribution in [-0.4, -0.2) is 27.3 Å². The Morgan fingerprint density at radius 3 is 2.53 bits per heavy atom. The van der Waals surface area contributed by atoms with Gasteiger partial charge in [0, 0.05) is 5.69 Å². The van der Waals surface area contributed by atoms with Crippen LogP contribution in [0.25, 0.3) is 0 Å². The van der Waals surface area contributed by atoms with Crippen molar-refractivity contribution in [3.05, 3.63) is 35.5 Å². The molecule has 2 aromatic rings. The zero-order valence-corrected chi connectivity index (χ0v) is 11.4. The number of nitrogens with zero attached hydrogens (tertiary/aromatic N) is 3. The van der Waals surface area contributed by atoms with Crippen LogP contribution in [0.3, 0.4) is 0 Å². The summed E-state index contributed by atoms with van der Waals surface area (Å²) in [5.74, 6) is -0.349. The van der Waals surface area contributed by atoms with Crippen LogP contribution in [0.4, 0.5) is 11.5 Å². The number of aryl methyl sites for hydroxylation is 1. The summed E-state index contributed by atoms with van der Waals surface area (Å²) >= 11 is 1.34. The molecule has 3 N–H and O–H groups in total. The molecule has 19 heavy (non-hydrogen) atoms. The van der Waals surface area contributed by atoms with Gasteiger partial charge in [0.15, 0.2) is 11.5 Å². The summed E-state index contributed by atoms with van der Waals surface area (Å²) in [5.41, 5.74) is 7.23. The zero-order valence-electron chi connectivity index (χ0n) is 10.5. The normalized spacial score (nSPS) is 10.2. The maximum atomic E-state index is 11.3. The summed E-state index contributed by atoms with van der Waals surface area (Å²) in [5, 5.41) is 11.1. The second-order valence-electron chi connectivity index (χ2n) is 3.85. The highest BCUT2D eigenvalue weighted by molar-refractivity contribution is 7.98. The molecule has 98 valence electrons. The van der Waals surface area contributed by atoms with Crippen molar-refractivity contribution in [3.8, 4) is 0 Å². The van der Waals surface area contributed by atoms with E-state index in [1.165, 1.54) is 11.8 Å². The number of carbonyl (C=O) groups is 1. The van der Waals surface area contributed by atoms with Crippen molar-refractivity contribution in [1.82, 2.24) is 15.2 Å². The fourth-order valence-electron chi connectivity index (χ4n) is 1.42. The summed E-state index contributed by atoms with van der Waals surface area (Å²) in [6.07, 6.45) is 1.83. The smallest absolute Gasteiger partial charge is 0.273 e. The van der Waals surface area contributed by atoms with Gasteiger partial charge in [-0.2, -0.15) is 0 Å². The summed E-state index contributed by atoms with van der Waals surface area (Å²) < 4.78 is 0. The van der Waals surface area contributed by atoms with Crippen LogP contribution in [-0.2, 0) is 0 Å². The Bertz CT molecular complexity index is 600. The predicted molar refractivity (Wildman–Crippen MR) is 74.6 cm³/mol. The summed E-state index contributed by atoms with van der Waals surface area (Å²) in [6, 6.07) is 7.69. The average molecular weight is 275 g/mol. The lowest BCUT2D eigenvalue weighted by molar-refractivity contribution is 0.0995. The number of anilines is 2. The van der Waals surface area contributed by atoms with E-state index in [0.29, 0.717) is 11.0 Å². The highest BCUT2D eigenvalue weighted by atomic mass is 32.2. The highest BCUT2D eigenvalue weighted by Crippen LogP contribution is 2.19. The van der Waals surface area contributed by atoms with Crippen LogP contribution in [0.15, 0.2) is 29.4 Å². The molecule has 0 spiro atoms. The lowest BCUT2D eigenvalue weighted by Gasteiger charge is -2.08. The third-order valence-corrected chi connectivity index (χ3v) is 2.94. The number of nitrogens with two attached hydrogens (primary N) is 1. The van der Waals surface area contributed by atoms with Gasteiger partial charge in [-0.1, -0.05) is 29.5 Å². The van der Waals surface area contributed by atoms with Gasteiger partial charge in [0.1, 0.15) is 0 Å². The van der Waals surface area contributed by atoms with Crippen molar-refractivity contribution in [2.75, 3.05) is 11.6 Å². The number of primary amides is 1. The number of nitrogens with one attached hydrogen (secondary N) is 1. The average Bonchev–Trinajstić information content (AvgIpc) is 2.41. The first kappa shape index (κ1) is 13.3. The van der Waals surface area contributed by atoms with Gasteiger partial charge in [-0.05, 0) is 25.3 Å². The van der Waals surface area contributed by atoms with Gasteiger partial charge in [0.25, 0.3) is 5.91 Å². The lowest BCUT2D eigenvalue weighted by atomic mass is 10.2. The van der Waals surface area contributed by atoms with Crippen molar-refractivity contribution in [2.24, 2.45) is 5.73 Å². The number of thioether (sulfide) groups is 1. The molecule has 0 fully saturated rings. The summed E-state index contributed by atoms with van der Waals surface area (Å²) in [6.45, 7) is 2.00. The largest absolute Gasteiger partial charge is 0.364 e. The topological polar surface area (TPSA) is 93.8 Å². The number of hydrogen-bond donors (Lipinski definition) is 2. The Morgan fingerprint density at radius 1 is 1.26 bits per heavy atom. The molecule has 2 rings (SSSR count). The van der Waals surface area contributed by atoms with E-state index < -0.39 is 5.91 Å². The number of benzene rings is 1. The standard InChI is InChI=1S/C12H13N5OS/c1-7-3-5-8(6-4-7)14-11-9(10(13)18)16-17-12(15-11)19-2/h3-6H,1-2H3,(H2,13,18)(H,14,15,17). The number of aromatic nitrogens is 3. The molecule has 0 aliphatic carbocycles. The van der Waals surface area contributed by atoms with Gasteiger partial charge in [-0.25, -0.2) is 4.98 Å². The maximum absolute atomic E-state index is 11.3. The third kappa shape index (κ3) is 3.19. The minimum atomic E-state index is -0.665. The van der Waals surface area contributed by atoms with Gasteiger partial charge in [-0.15, -0.1) is 10.2 Å². The van der Waals surface area contributed by atoms with Crippen molar-refractivity contribution in [1.29, 1.82) is 0 Å². The van der Waals surface area contributed by atoms with Crippen LogP contribution >= 0.6 is 11.8 Å². The number of amides is 1. The quantitative estimate of drug-likeness (QED) is 0.825. The number of hydrogen-bond acceptors (Lipinski definition) is 6. The van der Waals surface area contributed by atoms with E-state index in [-0.39, 0.29) is 5.69 Å². The molecule has 0 saturated carbocycles. The van der Waals surface area contributed by atoms with Crippen LogP contribution < -0.4 is 11.1 Å². The molecular formula is C12H13N5OS. The van der Waals surface area contributed by atoms with Crippen molar-refractivity contribution < 1.29 is 4.79 Å². The molecule has 1 aromatic heterocycles. The molecule has 0 aliphatic rings. The Labute approximate surface area is 114 Å². The molecule has 1 amide bonds. The Morgan fingerprint density at radius 2 is 1.95 bits per heavy atom. The van der Waals surface area contributed by atoms with Crippen molar-refractivity contribution in [2.45, 2.75) is 12.1 Å². The summed E-state index contributed by atoms with van der Waals surface area (Å²) in [7, 11) is 0. The van der Waals surface area contributed by atoms with Crippen molar-refractivity contribution >= 4 is 29.2 Å². The van der Waals surface area contributed by atoms with Crippen LogP contribution in [0.1, 0.15) is 16.1 Å². The minimum absolute atomic E-state index is 0.0263. The lowest BCUT2D eigenvalue weighted by Crippen LogP contribution is -2.17. The molecule has 0 aliphatic heterocycles. The van der Waals surface area contributed by atoms with Crippen LogP contribution in [0.5, 0.6) is 0 Å². The first-order chi connectivity index (χ1) is 9.10. The second-order valence-corrected chi connectivity index (χ2v) is 4.62. The SMILES string of the molecule is CSc1nnc(C(N)=O)c(Nc2ccc(C)cc2)n1. The zero-order chi connectivity index (χ0) is 13.8. The molecule has 7 heteroatoms. The van der Waals surface area contributed by atoms with Crippen molar-refractivity contribution in [3.63, 3.8) is 0 Å². The molecule has 0 radical (unpaired) electrons. The van der Waals surface area contributed by atoms with Crippen LogP contribution in [0.2, 0.25) is 0 Å². The fraction of sp³-hybridized carbons (Fsp3) is 0.167. The van der Waals surface area contributed by atoms with E-state index in [9.17, 15) is 4.79 Å². The monoisotopic (exact) mass is 275 g/mol. The number of rotatable bonds is 4. The van der Waals surface area contributed by atoms with E-state index in [0.717, 1.165) is 11.3 Å². The van der Waals surface area contributed by atoms with Gasteiger partial charge >= 0.3 is 0 Å². The highest BCUT2D eigenvalue weighted by Gasteiger charge is 2.14. The molecule has 0 atom stereocenters.